The van der Waals surface area contributed by atoms with Crippen LogP contribution < -0.4 is 11.1 Å². The van der Waals surface area contributed by atoms with Crippen molar-refractivity contribution in [3.05, 3.63) is 24.4 Å². The molecule has 4 N–H and O–H groups in total. The fourth-order valence-electron chi connectivity index (χ4n) is 2.22. The van der Waals surface area contributed by atoms with Crippen molar-refractivity contribution in [3.63, 3.8) is 0 Å². The Morgan fingerprint density at radius 3 is 3.21 bits per heavy atom. The molecule has 0 aliphatic carbocycles. The van der Waals surface area contributed by atoms with Crippen molar-refractivity contribution in [1.29, 1.82) is 0 Å². The topological polar surface area (TPSA) is 93.0 Å². The molecule has 6 nitrogen and oxygen atoms in total. The highest BCUT2D eigenvalue weighted by Gasteiger charge is 2.44. The van der Waals surface area contributed by atoms with Crippen LogP contribution in [0.5, 0.6) is 0 Å². The van der Waals surface area contributed by atoms with Crippen LogP contribution in [0.3, 0.4) is 0 Å². The van der Waals surface area contributed by atoms with E-state index >= 15 is 0 Å². The molecule has 1 saturated heterocycles. The molecule has 0 spiro atoms. The number of hydrogen-bond acceptors (Lipinski definition) is 4. The molecule has 6 heteroatoms. The Morgan fingerprint density at radius 1 is 1.63 bits per heavy atom. The Labute approximate surface area is 110 Å². The van der Waals surface area contributed by atoms with Crippen molar-refractivity contribution in [2.24, 2.45) is 11.1 Å². The van der Waals surface area contributed by atoms with Gasteiger partial charge in [0.1, 0.15) is 0 Å². The quantitative estimate of drug-likeness (QED) is 0.746. The summed E-state index contributed by atoms with van der Waals surface area (Å²) in [6.07, 6.45) is 1.72. The molecule has 100 valence electrons. The van der Waals surface area contributed by atoms with Gasteiger partial charge in [-0.25, -0.2) is 0 Å². The third-order valence-corrected chi connectivity index (χ3v) is 3.73. The number of hydrogen-bond donors (Lipinski definition) is 3. The second kappa shape index (κ2) is 4.32. The van der Waals surface area contributed by atoms with Crippen LogP contribution in [0.25, 0.3) is 10.9 Å². The zero-order valence-electron chi connectivity index (χ0n) is 10.6. The summed E-state index contributed by atoms with van der Waals surface area (Å²) in [6, 6.07) is 5.32. The van der Waals surface area contributed by atoms with E-state index < -0.39 is 5.41 Å². The summed E-state index contributed by atoms with van der Waals surface area (Å²) in [6.45, 7) is 2.61. The Kier molecular flexibility index (Phi) is 2.76. The van der Waals surface area contributed by atoms with Crippen molar-refractivity contribution >= 4 is 22.5 Å². The van der Waals surface area contributed by atoms with E-state index in [0.717, 1.165) is 16.6 Å². The van der Waals surface area contributed by atoms with Gasteiger partial charge in [0.05, 0.1) is 30.3 Å². The van der Waals surface area contributed by atoms with E-state index in [1.54, 1.807) is 6.20 Å². The number of anilines is 1. The first-order chi connectivity index (χ1) is 9.09. The molecular formula is C13H16N4O2. The van der Waals surface area contributed by atoms with Crippen molar-refractivity contribution < 1.29 is 9.53 Å². The van der Waals surface area contributed by atoms with Gasteiger partial charge in [-0.1, -0.05) is 0 Å². The third-order valence-electron chi connectivity index (χ3n) is 3.73. The molecule has 2 unspecified atom stereocenters. The van der Waals surface area contributed by atoms with E-state index in [-0.39, 0.29) is 11.9 Å². The minimum atomic E-state index is -0.675. The van der Waals surface area contributed by atoms with E-state index in [9.17, 15) is 4.79 Å². The van der Waals surface area contributed by atoms with Crippen molar-refractivity contribution in [3.8, 4) is 0 Å². The normalized spacial score (nSPS) is 26.7. The number of carbonyl (C=O) groups is 1. The molecule has 2 heterocycles. The first-order valence-electron chi connectivity index (χ1n) is 6.17. The second-order valence-corrected chi connectivity index (χ2v) is 5.17. The van der Waals surface area contributed by atoms with Crippen LogP contribution in [-0.4, -0.2) is 35.4 Å². The fraction of sp³-hybridized carbons (Fsp3) is 0.385. The summed E-state index contributed by atoms with van der Waals surface area (Å²) < 4.78 is 5.29. The number of nitrogens with zero attached hydrogens (tertiary/aromatic N) is 1. The van der Waals surface area contributed by atoms with Gasteiger partial charge in [-0.05, 0) is 25.1 Å². The summed E-state index contributed by atoms with van der Waals surface area (Å²) in [5.74, 6) is -0.111. The Bertz CT molecular complexity index is 624. The number of nitrogens with two attached hydrogens (primary N) is 1. The lowest BCUT2D eigenvalue weighted by Crippen LogP contribution is -2.47. The number of benzene rings is 1. The van der Waals surface area contributed by atoms with Crippen LogP contribution in [0.4, 0.5) is 5.69 Å². The van der Waals surface area contributed by atoms with Gasteiger partial charge in [-0.2, -0.15) is 5.10 Å². The molecule has 1 aliphatic heterocycles. The minimum Gasteiger partial charge on any atom is -0.379 e. The van der Waals surface area contributed by atoms with Gasteiger partial charge in [0.25, 0.3) is 0 Å². The van der Waals surface area contributed by atoms with E-state index in [0.29, 0.717) is 13.2 Å². The average Bonchev–Trinajstić information content (AvgIpc) is 2.97. The molecule has 0 radical (unpaired) electrons. The molecule has 3 rings (SSSR count). The number of fused-ring (bicyclic) bond motifs is 1. The fourth-order valence-corrected chi connectivity index (χ4v) is 2.22. The van der Waals surface area contributed by atoms with Gasteiger partial charge in [0, 0.05) is 17.1 Å². The monoisotopic (exact) mass is 260 g/mol. The lowest BCUT2D eigenvalue weighted by atomic mass is 9.85. The van der Waals surface area contributed by atoms with Crippen molar-refractivity contribution in [2.45, 2.75) is 13.0 Å². The van der Waals surface area contributed by atoms with Crippen LogP contribution in [-0.2, 0) is 9.53 Å². The molecule has 1 aliphatic rings. The van der Waals surface area contributed by atoms with Crippen molar-refractivity contribution in [2.75, 3.05) is 18.5 Å². The number of aromatic nitrogens is 2. The molecule has 1 amide bonds. The molecule has 0 saturated carbocycles. The van der Waals surface area contributed by atoms with Gasteiger partial charge in [-0.3, -0.25) is 9.89 Å². The predicted octanol–water partition coefficient (Wildman–Crippen LogP) is 0.865. The highest BCUT2D eigenvalue weighted by Crippen LogP contribution is 2.29. The molecule has 2 atom stereocenters. The zero-order valence-corrected chi connectivity index (χ0v) is 10.6. The maximum atomic E-state index is 12.3. The Balaban J connectivity index is 1.82. The number of nitrogens with one attached hydrogen (secondary N) is 2. The SMILES string of the molecule is CC1(C(=O)Nc2ccc3[nH]ncc3c2)COCC1N. The summed E-state index contributed by atoms with van der Waals surface area (Å²) in [5, 5.41) is 10.7. The maximum Gasteiger partial charge on any atom is 0.234 e. The average molecular weight is 260 g/mol. The van der Waals surface area contributed by atoms with E-state index in [4.69, 9.17) is 10.5 Å². The molecular weight excluding hydrogens is 244 g/mol. The summed E-state index contributed by atoms with van der Waals surface area (Å²) >= 11 is 0. The molecule has 1 aromatic heterocycles. The van der Waals surface area contributed by atoms with Gasteiger partial charge < -0.3 is 15.8 Å². The van der Waals surface area contributed by atoms with Crippen LogP contribution in [0, 0.1) is 5.41 Å². The number of rotatable bonds is 2. The molecule has 19 heavy (non-hydrogen) atoms. The standard InChI is InChI=1S/C13H16N4O2/c1-13(7-19-6-11(13)14)12(18)16-9-2-3-10-8(4-9)5-15-17-10/h2-5,11H,6-7,14H2,1H3,(H,15,17)(H,16,18). The second-order valence-electron chi connectivity index (χ2n) is 5.17. The number of H-pyrrole nitrogens is 1. The Morgan fingerprint density at radius 2 is 2.47 bits per heavy atom. The van der Waals surface area contributed by atoms with Crippen molar-refractivity contribution in [1.82, 2.24) is 10.2 Å². The number of carbonyl (C=O) groups excluding carboxylic acids is 1. The molecule has 1 fully saturated rings. The summed E-state index contributed by atoms with van der Waals surface area (Å²) in [5.41, 5.74) is 6.94. The summed E-state index contributed by atoms with van der Waals surface area (Å²) in [7, 11) is 0. The first-order valence-corrected chi connectivity index (χ1v) is 6.17. The van der Waals surface area contributed by atoms with Gasteiger partial charge >= 0.3 is 0 Å². The Hall–Kier alpha value is -1.92. The highest BCUT2D eigenvalue weighted by molar-refractivity contribution is 5.97. The van der Waals surface area contributed by atoms with Gasteiger partial charge in [-0.15, -0.1) is 0 Å². The van der Waals surface area contributed by atoms with Gasteiger partial charge in [0.2, 0.25) is 5.91 Å². The van der Waals surface area contributed by atoms with E-state index in [1.165, 1.54) is 0 Å². The van der Waals surface area contributed by atoms with Crippen LogP contribution in [0.1, 0.15) is 6.92 Å². The lowest BCUT2D eigenvalue weighted by Gasteiger charge is -2.25. The molecule has 1 aromatic carbocycles. The predicted molar refractivity (Wildman–Crippen MR) is 71.6 cm³/mol. The zero-order chi connectivity index (χ0) is 13.5. The van der Waals surface area contributed by atoms with E-state index in [2.05, 4.69) is 15.5 Å². The smallest absolute Gasteiger partial charge is 0.234 e. The third kappa shape index (κ3) is 1.98. The molecule has 0 bridgehead atoms. The number of aromatic amines is 1. The lowest BCUT2D eigenvalue weighted by molar-refractivity contribution is -0.125. The first kappa shape index (κ1) is 12.1. The number of amides is 1. The van der Waals surface area contributed by atoms with Crippen LogP contribution in [0.2, 0.25) is 0 Å². The molecule has 2 aromatic rings. The summed E-state index contributed by atoms with van der Waals surface area (Å²) in [4.78, 5) is 12.3. The van der Waals surface area contributed by atoms with Crippen LogP contribution >= 0.6 is 0 Å². The number of ether oxygens (including phenoxy) is 1. The maximum absolute atomic E-state index is 12.3. The van der Waals surface area contributed by atoms with Gasteiger partial charge in [0.15, 0.2) is 0 Å². The highest BCUT2D eigenvalue weighted by atomic mass is 16.5. The van der Waals surface area contributed by atoms with E-state index in [1.807, 2.05) is 25.1 Å². The minimum absolute atomic E-state index is 0.111. The van der Waals surface area contributed by atoms with Crippen LogP contribution in [0.15, 0.2) is 24.4 Å². The largest absolute Gasteiger partial charge is 0.379 e.